The summed E-state index contributed by atoms with van der Waals surface area (Å²) in [6.07, 6.45) is -2.39. The lowest BCUT2D eigenvalue weighted by molar-refractivity contribution is -0.0549. The lowest BCUT2D eigenvalue weighted by Crippen LogP contribution is -2.36. The van der Waals surface area contributed by atoms with E-state index in [9.17, 15) is 15.0 Å². The zero-order valence-electron chi connectivity index (χ0n) is 10.6. The van der Waals surface area contributed by atoms with E-state index in [1.165, 1.54) is 12.3 Å². The van der Waals surface area contributed by atoms with Gasteiger partial charge in [-0.05, 0) is 6.08 Å². The van der Waals surface area contributed by atoms with Crippen molar-refractivity contribution < 1.29 is 25.3 Å². The van der Waals surface area contributed by atoms with Crippen LogP contribution >= 0.6 is 11.6 Å². The molecule has 116 valence electrons. The highest BCUT2D eigenvalue weighted by atomic mass is 35.5. The highest BCUT2D eigenvalue weighted by Crippen LogP contribution is 2.28. The summed E-state index contributed by atoms with van der Waals surface area (Å²) >= 11 is 5.46. The first-order chi connectivity index (χ1) is 10.0. The summed E-state index contributed by atoms with van der Waals surface area (Å²) in [6.45, 7) is -0.512. The summed E-state index contributed by atoms with van der Waals surface area (Å²) in [4.78, 5) is 15.5. The zero-order valence-corrected chi connectivity index (χ0v) is 11.4. The van der Waals surface area contributed by atoms with Gasteiger partial charge in [0.2, 0.25) is 0 Å². The van der Waals surface area contributed by atoms with Crippen LogP contribution in [0.15, 0.2) is 16.5 Å². The minimum absolute atomic E-state index is 0.125. The summed E-state index contributed by atoms with van der Waals surface area (Å²) in [5.41, 5.74) is 2.32. The first-order valence-corrected chi connectivity index (χ1v) is 6.39. The Morgan fingerprint density at radius 2 is 2.19 bits per heavy atom. The number of hydrogen-bond donors (Lipinski definition) is 5. The molecular weight excluding hydrogens is 306 g/mol. The fourth-order valence-corrected chi connectivity index (χ4v) is 2.19. The maximum Gasteiger partial charge on any atom is 0.351 e. The van der Waals surface area contributed by atoms with Crippen LogP contribution in [0.4, 0.5) is 5.82 Å². The van der Waals surface area contributed by atoms with E-state index in [1.54, 1.807) is 5.48 Å². The van der Waals surface area contributed by atoms with Gasteiger partial charge in [-0.2, -0.15) is 4.98 Å². The van der Waals surface area contributed by atoms with Crippen LogP contribution in [-0.2, 0) is 4.74 Å². The van der Waals surface area contributed by atoms with E-state index in [1.807, 2.05) is 0 Å². The second-order valence-electron chi connectivity index (χ2n) is 4.37. The molecule has 1 aliphatic rings. The molecule has 10 heteroatoms. The van der Waals surface area contributed by atoms with Crippen LogP contribution in [0.2, 0.25) is 0 Å². The summed E-state index contributed by atoms with van der Waals surface area (Å²) in [5.74, 6) is -0.125. The lowest BCUT2D eigenvalue weighted by atomic mass is 10.1. The van der Waals surface area contributed by atoms with Crippen LogP contribution in [0.3, 0.4) is 0 Å². The van der Waals surface area contributed by atoms with Gasteiger partial charge >= 0.3 is 5.69 Å². The molecule has 1 aromatic rings. The summed E-state index contributed by atoms with van der Waals surface area (Å²) < 4.78 is 6.18. The monoisotopic (exact) mass is 319 g/mol. The number of aromatic nitrogens is 2. The van der Waals surface area contributed by atoms with Gasteiger partial charge in [-0.1, -0.05) is 11.6 Å². The van der Waals surface area contributed by atoms with Gasteiger partial charge in [-0.15, -0.1) is 0 Å². The number of ether oxygens (including phenoxy) is 1. The molecule has 2 rings (SSSR count). The number of halogens is 1. The molecule has 0 aromatic carbocycles. The highest BCUT2D eigenvalue weighted by molar-refractivity contribution is 6.27. The number of hydrogen-bond acceptors (Lipinski definition) is 8. The smallest absolute Gasteiger partial charge is 0.351 e. The van der Waals surface area contributed by atoms with E-state index in [4.69, 9.17) is 26.7 Å². The van der Waals surface area contributed by atoms with Crippen molar-refractivity contribution in [2.75, 3.05) is 12.1 Å². The minimum Gasteiger partial charge on any atom is -0.394 e. The quantitative estimate of drug-likeness (QED) is 0.439. The predicted octanol–water partition coefficient (Wildman–Crippen LogP) is -1.13. The molecule has 0 bridgehead atoms. The molecule has 21 heavy (non-hydrogen) atoms. The van der Waals surface area contributed by atoms with E-state index >= 15 is 0 Å². The van der Waals surface area contributed by atoms with Gasteiger partial charge in [-0.3, -0.25) is 15.3 Å². The molecule has 0 radical (unpaired) electrons. The van der Waals surface area contributed by atoms with Crippen LogP contribution in [-0.4, -0.2) is 55.0 Å². The standard InChI is InChI=1S/C11H14ClN3O6/c12-2-1-5-3-15(11(19)13-9(5)14-20)10-8(18)7(17)6(4-16)21-10/h1-3,6-8,10,16-18,20H,4H2,(H,13,14,19)/b2-1+/t6-,7-,8-,10-/m1/s1. The fourth-order valence-electron chi connectivity index (χ4n) is 2.06. The third-order valence-electron chi connectivity index (χ3n) is 3.12. The molecule has 1 saturated heterocycles. The van der Waals surface area contributed by atoms with Gasteiger partial charge in [0.1, 0.15) is 18.3 Å². The Balaban J connectivity index is 2.45. The molecule has 4 atom stereocenters. The van der Waals surface area contributed by atoms with E-state index in [2.05, 4.69) is 4.98 Å². The molecule has 0 unspecified atom stereocenters. The highest BCUT2D eigenvalue weighted by Gasteiger charge is 2.43. The molecule has 5 N–H and O–H groups in total. The number of nitrogens with one attached hydrogen (secondary N) is 1. The summed E-state index contributed by atoms with van der Waals surface area (Å²) in [6, 6.07) is 0. The van der Waals surface area contributed by atoms with Crippen LogP contribution in [0.1, 0.15) is 11.8 Å². The van der Waals surface area contributed by atoms with Gasteiger partial charge in [0.25, 0.3) is 0 Å². The molecule has 2 heterocycles. The van der Waals surface area contributed by atoms with Crippen molar-refractivity contribution in [2.45, 2.75) is 24.5 Å². The summed E-state index contributed by atoms with van der Waals surface area (Å²) in [7, 11) is 0. The molecule has 0 saturated carbocycles. The van der Waals surface area contributed by atoms with Gasteiger partial charge in [0.15, 0.2) is 12.0 Å². The minimum atomic E-state index is -1.41. The molecule has 0 aliphatic carbocycles. The van der Waals surface area contributed by atoms with Gasteiger partial charge < -0.3 is 20.1 Å². The van der Waals surface area contributed by atoms with Gasteiger partial charge in [0.05, 0.1) is 6.61 Å². The predicted molar refractivity (Wildman–Crippen MR) is 71.8 cm³/mol. The number of aliphatic hydroxyl groups excluding tert-OH is 3. The van der Waals surface area contributed by atoms with Crippen LogP contribution in [0.5, 0.6) is 0 Å². The largest absolute Gasteiger partial charge is 0.394 e. The van der Waals surface area contributed by atoms with Crippen molar-refractivity contribution in [1.82, 2.24) is 9.55 Å². The average molecular weight is 320 g/mol. The third-order valence-corrected chi connectivity index (χ3v) is 3.25. The Labute approximate surface area is 123 Å². The van der Waals surface area contributed by atoms with Gasteiger partial charge in [-0.25, -0.2) is 4.79 Å². The SMILES string of the molecule is O=c1nc(NO)c(/C=C/Cl)cn1[C@@H]1O[C@H](CO)[C@@H](O)[C@H]1O. The van der Waals surface area contributed by atoms with E-state index in [0.717, 1.165) is 10.1 Å². The Hall–Kier alpha value is -1.49. The number of aliphatic hydroxyl groups is 3. The van der Waals surface area contributed by atoms with Gasteiger partial charge in [0, 0.05) is 17.3 Å². The second kappa shape index (κ2) is 6.52. The molecule has 9 nitrogen and oxygen atoms in total. The van der Waals surface area contributed by atoms with E-state index in [-0.39, 0.29) is 11.4 Å². The molecule has 1 fully saturated rings. The topological polar surface area (TPSA) is 137 Å². The first-order valence-electron chi connectivity index (χ1n) is 5.96. The van der Waals surface area contributed by atoms with Crippen LogP contribution in [0.25, 0.3) is 6.08 Å². The van der Waals surface area contributed by atoms with E-state index in [0.29, 0.717) is 0 Å². The zero-order chi connectivity index (χ0) is 15.6. The van der Waals surface area contributed by atoms with Crippen molar-refractivity contribution in [3.8, 4) is 0 Å². The van der Waals surface area contributed by atoms with Crippen LogP contribution < -0.4 is 11.2 Å². The van der Waals surface area contributed by atoms with Crippen molar-refractivity contribution in [3.05, 3.63) is 27.8 Å². The second-order valence-corrected chi connectivity index (χ2v) is 4.62. The number of rotatable bonds is 4. The lowest BCUT2D eigenvalue weighted by Gasteiger charge is -2.18. The number of nitrogens with zero attached hydrogens (tertiary/aromatic N) is 2. The van der Waals surface area contributed by atoms with Crippen molar-refractivity contribution in [1.29, 1.82) is 0 Å². The average Bonchev–Trinajstić information content (AvgIpc) is 2.76. The Morgan fingerprint density at radius 1 is 1.48 bits per heavy atom. The fraction of sp³-hybridized carbons (Fsp3) is 0.455. The Kier molecular flexibility index (Phi) is 4.93. The van der Waals surface area contributed by atoms with Crippen molar-refractivity contribution >= 4 is 23.5 Å². The molecule has 0 amide bonds. The van der Waals surface area contributed by atoms with E-state index < -0.39 is 36.8 Å². The molecular formula is C11H14ClN3O6. The first kappa shape index (κ1) is 15.9. The maximum absolute atomic E-state index is 11.9. The summed E-state index contributed by atoms with van der Waals surface area (Å²) in [5, 5.41) is 37.5. The van der Waals surface area contributed by atoms with Crippen molar-refractivity contribution in [3.63, 3.8) is 0 Å². The molecule has 1 aliphatic heterocycles. The maximum atomic E-state index is 11.9. The van der Waals surface area contributed by atoms with Crippen LogP contribution in [0, 0.1) is 0 Å². The Bertz CT molecular complexity index is 592. The number of anilines is 1. The molecule has 0 spiro atoms. The third kappa shape index (κ3) is 2.93. The normalized spacial score (nSPS) is 29.2. The molecule has 1 aromatic heterocycles. The van der Waals surface area contributed by atoms with Crippen molar-refractivity contribution in [2.24, 2.45) is 0 Å². The Morgan fingerprint density at radius 3 is 2.71 bits per heavy atom.